The molecule has 130 valence electrons. The van der Waals surface area contributed by atoms with Gasteiger partial charge in [0.1, 0.15) is 11.2 Å². The van der Waals surface area contributed by atoms with Crippen LogP contribution in [0.5, 0.6) is 0 Å². The van der Waals surface area contributed by atoms with E-state index in [1.54, 1.807) is 19.1 Å². The van der Waals surface area contributed by atoms with Gasteiger partial charge in [0.15, 0.2) is 0 Å². The van der Waals surface area contributed by atoms with Crippen molar-refractivity contribution in [1.29, 1.82) is 5.26 Å². The van der Waals surface area contributed by atoms with Crippen molar-refractivity contribution in [3.63, 3.8) is 0 Å². The Morgan fingerprint density at radius 2 is 1.92 bits per heavy atom. The van der Waals surface area contributed by atoms with Crippen LogP contribution in [0.25, 0.3) is 0 Å². The monoisotopic (exact) mass is 339 g/mol. The van der Waals surface area contributed by atoms with Gasteiger partial charge in [0.2, 0.25) is 0 Å². The van der Waals surface area contributed by atoms with Crippen molar-refractivity contribution in [2.24, 2.45) is 0 Å². The average molecular weight is 339 g/mol. The topological polar surface area (TPSA) is 76.4 Å². The quantitative estimate of drug-likeness (QED) is 0.622. The molecule has 0 radical (unpaired) electrons. The number of esters is 2. The zero-order valence-electron chi connectivity index (χ0n) is 14.3. The van der Waals surface area contributed by atoms with E-state index in [1.807, 2.05) is 12.1 Å². The van der Waals surface area contributed by atoms with Crippen LogP contribution < -0.4 is 0 Å². The number of hydrogen-bond acceptors (Lipinski definition) is 5. The third-order valence-electron chi connectivity index (χ3n) is 4.95. The van der Waals surface area contributed by atoms with Crippen molar-refractivity contribution in [2.45, 2.75) is 51.0 Å². The van der Waals surface area contributed by atoms with E-state index in [0.717, 1.165) is 43.2 Å². The normalized spacial score (nSPS) is 18.8. The summed E-state index contributed by atoms with van der Waals surface area (Å²) in [6.45, 7) is 1.93. The highest BCUT2D eigenvalue weighted by Crippen LogP contribution is 2.45. The predicted molar refractivity (Wildman–Crippen MR) is 90.4 cm³/mol. The van der Waals surface area contributed by atoms with Crippen LogP contribution in [0.3, 0.4) is 0 Å². The lowest BCUT2D eigenvalue weighted by Crippen LogP contribution is -2.35. The molecule has 1 heterocycles. The summed E-state index contributed by atoms with van der Waals surface area (Å²) in [5.74, 6) is -1.16. The summed E-state index contributed by atoms with van der Waals surface area (Å²) in [6.07, 6.45) is 4.99. The molecule has 0 amide bonds. The molecule has 3 rings (SSSR count). The first-order chi connectivity index (χ1) is 12.1. The number of ether oxygens (including phenoxy) is 2. The third kappa shape index (κ3) is 3.30. The lowest BCUT2D eigenvalue weighted by atomic mass is 9.76. The second kappa shape index (κ2) is 7.10. The number of carbonyl (C=O) groups is 2. The number of carbonyl (C=O) groups excluding carboxylic acids is 2. The van der Waals surface area contributed by atoms with Crippen molar-refractivity contribution in [2.75, 3.05) is 6.61 Å². The molecule has 0 saturated heterocycles. The summed E-state index contributed by atoms with van der Waals surface area (Å²) >= 11 is 0. The van der Waals surface area contributed by atoms with Gasteiger partial charge < -0.3 is 9.47 Å². The van der Waals surface area contributed by atoms with Gasteiger partial charge in [-0.2, -0.15) is 5.26 Å². The summed E-state index contributed by atoms with van der Waals surface area (Å²) in [5.41, 5.74) is 1.65. The van der Waals surface area contributed by atoms with Crippen molar-refractivity contribution >= 4 is 11.9 Å². The molecule has 0 atom stereocenters. The molecular formula is C20H21NO4. The number of rotatable bonds is 4. The highest BCUT2D eigenvalue weighted by atomic mass is 16.6. The molecule has 1 aromatic carbocycles. The minimum atomic E-state index is -0.675. The van der Waals surface area contributed by atoms with E-state index < -0.39 is 17.5 Å². The Morgan fingerprint density at radius 1 is 1.24 bits per heavy atom. The highest BCUT2D eigenvalue weighted by molar-refractivity contribution is 6.16. The molecule has 1 fully saturated rings. The molecule has 5 nitrogen and oxygen atoms in total. The van der Waals surface area contributed by atoms with Crippen molar-refractivity contribution < 1.29 is 19.1 Å². The van der Waals surface area contributed by atoms with E-state index >= 15 is 0 Å². The fraction of sp³-hybridized carbons (Fsp3) is 0.450. The first-order valence-electron chi connectivity index (χ1n) is 8.73. The maximum Gasteiger partial charge on any atom is 0.346 e. The lowest BCUT2D eigenvalue weighted by Gasteiger charge is -2.34. The molecule has 0 aromatic heterocycles. The van der Waals surface area contributed by atoms with Crippen LogP contribution in [0, 0.1) is 11.3 Å². The minimum absolute atomic E-state index is 0.0631. The van der Waals surface area contributed by atoms with Crippen molar-refractivity contribution in [1.82, 2.24) is 0 Å². The average Bonchev–Trinajstić information content (AvgIpc) is 2.87. The third-order valence-corrected chi connectivity index (χ3v) is 4.95. The Kier molecular flexibility index (Phi) is 4.89. The van der Waals surface area contributed by atoms with Gasteiger partial charge in [-0.1, -0.05) is 18.6 Å². The summed E-state index contributed by atoms with van der Waals surface area (Å²) < 4.78 is 10.8. The Morgan fingerprint density at radius 3 is 2.52 bits per heavy atom. The molecule has 25 heavy (non-hydrogen) atoms. The van der Waals surface area contributed by atoms with Crippen LogP contribution in [-0.2, 0) is 25.5 Å². The van der Waals surface area contributed by atoms with Gasteiger partial charge in [-0.15, -0.1) is 0 Å². The van der Waals surface area contributed by atoms with E-state index in [0.29, 0.717) is 12.0 Å². The second-order valence-electron chi connectivity index (χ2n) is 6.50. The lowest BCUT2D eigenvalue weighted by molar-refractivity contribution is -0.152. The van der Waals surface area contributed by atoms with Gasteiger partial charge in [0, 0.05) is 0 Å². The van der Waals surface area contributed by atoms with Crippen molar-refractivity contribution in [3.05, 3.63) is 46.5 Å². The predicted octanol–water partition coefficient (Wildman–Crippen LogP) is 3.22. The van der Waals surface area contributed by atoms with Crippen LogP contribution >= 0.6 is 0 Å². The van der Waals surface area contributed by atoms with Gasteiger partial charge in [-0.3, -0.25) is 0 Å². The summed E-state index contributed by atoms with van der Waals surface area (Å²) in [5, 5.41) is 8.93. The fourth-order valence-electron chi connectivity index (χ4n) is 3.73. The van der Waals surface area contributed by atoms with Gasteiger partial charge in [-0.05, 0) is 62.3 Å². The zero-order chi connectivity index (χ0) is 17.9. The van der Waals surface area contributed by atoms with Crippen LogP contribution in [0.1, 0.15) is 50.2 Å². The molecule has 1 saturated carbocycles. The highest BCUT2D eigenvalue weighted by Gasteiger charge is 2.50. The molecule has 1 aromatic rings. The SMILES string of the molecule is CCOC(=O)C1=C(Cc2ccc(C#N)cc2)C2(CCCCC2)OC1=O. The smallest absolute Gasteiger partial charge is 0.346 e. The number of nitriles is 1. The standard InChI is InChI=1S/C20H21NO4/c1-2-24-18(22)17-16(12-14-6-8-15(13-21)9-7-14)20(25-19(17)23)10-4-3-5-11-20/h6-9H,2-5,10-12H2,1H3. The summed E-state index contributed by atoms with van der Waals surface area (Å²) in [7, 11) is 0. The van der Waals surface area contributed by atoms with Crippen molar-refractivity contribution in [3.8, 4) is 6.07 Å². The van der Waals surface area contributed by atoms with Gasteiger partial charge in [0.05, 0.1) is 18.2 Å². The van der Waals surface area contributed by atoms with Gasteiger partial charge in [-0.25, -0.2) is 9.59 Å². The van der Waals surface area contributed by atoms with Crippen LogP contribution in [0.15, 0.2) is 35.4 Å². The summed E-state index contributed by atoms with van der Waals surface area (Å²) in [4.78, 5) is 24.8. The molecule has 2 aliphatic rings. The Balaban J connectivity index is 2.00. The van der Waals surface area contributed by atoms with E-state index in [1.165, 1.54) is 0 Å². The van der Waals surface area contributed by atoms with Gasteiger partial charge in [0.25, 0.3) is 0 Å². The molecule has 1 aliphatic carbocycles. The second-order valence-corrected chi connectivity index (χ2v) is 6.50. The molecule has 0 bridgehead atoms. The largest absolute Gasteiger partial charge is 0.462 e. The summed E-state index contributed by atoms with van der Waals surface area (Å²) in [6, 6.07) is 9.28. The Hall–Kier alpha value is -2.61. The molecule has 0 N–H and O–H groups in total. The fourth-order valence-corrected chi connectivity index (χ4v) is 3.73. The Labute approximate surface area is 147 Å². The molecule has 0 unspecified atom stereocenters. The first-order valence-corrected chi connectivity index (χ1v) is 8.73. The van der Waals surface area contributed by atoms with E-state index in [4.69, 9.17) is 14.7 Å². The molecule has 1 aliphatic heterocycles. The molecule has 5 heteroatoms. The number of hydrogen-bond donors (Lipinski definition) is 0. The molecular weight excluding hydrogens is 318 g/mol. The maximum absolute atomic E-state index is 12.4. The van der Waals surface area contributed by atoms with E-state index in [2.05, 4.69) is 6.07 Å². The Bertz CT molecular complexity index is 749. The van der Waals surface area contributed by atoms with Crippen LogP contribution in [0.4, 0.5) is 0 Å². The van der Waals surface area contributed by atoms with Crippen LogP contribution in [0.2, 0.25) is 0 Å². The number of benzene rings is 1. The van der Waals surface area contributed by atoms with E-state index in [9.17, 15) is 9.59 Å². The minimum Gasteiger partial charge on any atom is -0.462 e. The van der Waals surface area contributed by atoms with Gasteiger partial charge >= 0.3 is 11.9 Å². The zero-order valence-corrected chi connectivity index (χ0v) is 14.3. The van der Waals surface area contributed by atoms with E-state index in [-0.39, 0.29) is 12.2 Å². The number of nitrogens with zero attached hydrogens (tertiary/aromatic N) is 1. The first kappa shape index (κ1) is 17.2. The molecule has 1 spiro atoms. The van der Waals surface area contributed by atoms with Crippen LogP contribution in [-0.4, -0.2) is 24.1 Å². The maximum atomic E-state index is 12.4.